The molecule has 1 rings (SSSR count). The predicted octanol–water partition coefficient (Wildman–Crippen LogP) is 0.346. The summed E-state index contributed by atoms with van der Waals surface area (Å²) < 4.78 is 0. The van der Waals surface area contributed by atoms with E-state index in [-0.39, 0.29) is 5.91 Å². The molecule has 0 saturated heterocycles. The molecule has 0 atom stereocenters. The van der Waals surface area contributed by atoms with Crippen LogP contribution in [0, 0.1) is 0 Å². The number of nitrogens with two attached hydrogens (primary N) is 1. The molecule has 70 valence electrons. The average molecular weight is 179 g/mol. The zero-order chi connectivity index (χ0) is 9.68. The highest BCUT2D eigenvalue weighted by Gasteiger charge is 2.03. The molecular weight excluding hydrogens is 166 g/mol. The first-order valence-corrected chi connectivity index (χ1v) is 4.10. The van der Waals surface area contributed by atoms with E-state index in [4.69, 9.17) is 5.84 Å². The number of carbonyl (C=O) groups is 1. The van der Waals surface area contributed by atoms with E-state index in [2.05, 4.69) is 4.98 Å². The number of pyridine rings is 1. The molecule has 0 radical (unpaired) electrons. The molecule has 0 unspecified atom stereocenters. The first-order valence-electron chi connectivity index (χ1n) is 4.10. The second kappa shape index (κ2) is 4.57. The first kappa shape index (κ1) is 9.67. The minimum absolute atomic E-state index is 0.0585. The van der Waals surface area contributed by atoms with Crippen molar-refractivity contribution in [3.8, 4) is 0 Å². The van der Waals surface area contributed by atoms with E-state index < -0.39 is 0 Å². The second-order valence-corrected chi connectivity index (χ2v) is 2.86. The normalized spacial score (nSPS) is 9.69. The van der Waals surface area contributed by atoms with Crippen LogP contribution in [0.5, 0.6) is 0 Å². The molecule has 0 fully saturated rings. The summed E-state index contributed by atoms with van der Waals surface area (Å²) in [6, 6.07) is 3.79. The third-order valence-corrected chi connectivity index (χ3v) is 1.77. The molecule has 0 aromatic carbocycles. The molecule has 4 nitrogen and oxygen atoms in total. The van der Waals surface area contributed by atoms with Crippen LogP contribution >= 0.6 is 0 Å². The van der Waals surface area contributed by atoms with Crippen molar-refractivity contribution in [3.05, 3.63) is 30.1 Å². The quantitative estimate of drug-likeness (QED) is 0.413. The Morgan fingerprint density at radius 3 is 2.69 bits per heavy atom. The van der Waals surface area contributed by atoms with Crippen molar-refractivity contribution in [2.45, 2.75) is 12.8 Å². The second-order valence-electron chi connectivity index (χ2n) is 2.86. The number of hydrogen-bond donors (Lipinski definition) is 1. The molecular formula is C9H13N3O. The molecule has 0 spiro atoms. The van der Waals surface area contributed by atoms with Crippen LogP contribution in [-0.2, 0) is 11.2 Å². The molecule has 0 saturated carbocycles. The van der Waals surface area contributed by atoms with Gasteiger partial charge in [0.25, 0.3) is 0 Å². The van der Waals surface area contributed by atoms with Crippen molar-refractivity contribution in [1.29, 1.82) is 0 Å². The number of aryl methyl sites for hydroxylation is 1. The van der Waals surface area contributed by atoms with E-state index in [9.17, 15) is 4.79 Å². The van der Waals surface area contributed by atoms with Crippen molar-refractivity contribution in [3.63, 3.8) is 0 Å². The van der Waals surface area contributed by atoms with Gasteiger partial charge in [-0.05, 0) is 24.1 Å². The molecule has 1 aromatic heterocycles. The van der Waals surface area contributed by atoms with Gasteiger partial charge in [0.15, 0.2) is 0 Å². The molecule has 1 aromatic rings. The third-order valence-electron chi connectivity index (χ3n) is 1.77. The van der Waals surface area contributed by atoms with Crippen molar-refractivity contribution >= 4 is 5.91 Å². The first-order chi connectivity index (χ1) is 6.20. The Morgan fingerprint density at radius 2 is 2.15 bits per heavy atom. The van der Waals surface area contributed by atoms with E-state index in [1.54, 1.807) is 19.4 Å². The topological polar surface area (TPSA) is 59.2 Å². The molecule has 2 N–H and O–H groups in total. The number of hydrogen-bond acceptors (Lipinski definition) is 3. The number of aromatic nitrogens is 1. The third kappa shape index (κ3) is 3.21. The van der Waals surface area contributed by atoms with Crippen molar-refractivity contribution in [2.75, 3.05) is 7.05 Å². The minimum atomic E-state index is -0.0585. The Morgan fingerprint density at radius 1 is 1.54 bits per heavy atom. The van der Waals surface area contributed by atoms with Gasteiger partial charge >= 0.3 is 0 Å². The van der Waals surface area contributed by atoms with E-state index in [1.807, 2.05) is 12.1 Å². The summed E-state index contributed by atoms with van der Waals surface area (Å²) >= 11 is 0. The van der Waals surface area contributed by atoms with Crippen LogP contribution in [0.4, 0.5) is 0 Å². The summed E-state index contributed by atoms with van der Waals surface area (Å²) in [5.74, 6) is 5.21. The molecule has 0 aliphatic carbocycles. The minimum Gasteiger partial charge on any atom is -0.284 e. The highest BCUT2D eigenvalue weighted by atomic mass is 16.2. The van der Waals surface area contributed by atoms with E-state index in [0.29, 0.717) is 12.8 Å². The van der Waals surface area contributed by atoms with Crippen LogP contribution in [0.15, 0.2) is 24.5 Å². The number of rotatable bonds is 3. The van der Waals surface area contributed by atoms with E-state index in [0.717, 1.165) is 10.6 Å². The number of hydrazine groups is 1. The standard InChI is InChI=1S/C9H13N3O/c1-12(10)9(13)3-2-8-4-6-11-7-5-8/h4-7H,2-3,10H2,1H3. The molecule has 4 heteroatoms. The van der Waals surface area contributed by atoms with E-state index >= 15 is 0 Å². The Hall–Kier alpha value is -1.42. The molecule has 0 aliphatic rings. The number of carbonyl (C=O) groups excluding carboxylic acids is 1. The van der Waals surface area contributed by atoms with Crippen LogP contribution < -0.4 is 5.84 Å². The number of nitrogens with zero attached hydrogens (tertiary/aromatic N) is 2. The van der Waals surface area contributed by atoms with Crippen molar-refractivity contribution in [2.24, 2.45) is 5.84 Å². The van der Waals surface area contributed by atoms with Crippen LogP contribution in [0.1, 0.15) is 12.0 Å². The van der Waals surface area contributed by atoms with Gasteiger partial charge in [-0.15, -0.1) is 0 Å². The van der Waals surface area contributed by atoms with Crippen LogP contribution in [0.25, 0.3) is 0 Å². The monoisotopic (exact) mass is 179 g/mol. The lowest BCUT2D eigenvalue weighted by molar-refractivity contribution is -0.130. The molecule has 0 aliphatic heterocycles. The fourth-order valence-electron chi connectivity index (χ4n) is 0.977. The molecule has 1 heterocycles. The SMILES string of the molecule is CN(N)C(=O)CCc1ccncc1. The van der Waals surface area contributed by atoms with Crippen molar-refractivity contribution in [1.82, 2.24) is 9.99 Å². The van der Waals surface area contributed by atoms with Crippen LogP contribution in [-0.4, -0.2) is 22.9 Å². The van der Waals surface area contributed by atoms with Gasteiger partial charge in [0.05, 0.1) is 0 Å². The highest BCUT2D eigenvalue weighted by molar-refractivity contribution is 5.75. The maximum absolute atomic E-state index is 11.1. The summed E-state index contributed by atoms with van der Waals surface area (Å²) in [6.45, 7) is 0. The van der Waals surface area contributed by atoms with Crippen LogP contribution in [0.2, 0.25) is 0 Å². The maximum Gasteiger partial charge on any atom is 0.236 e. The largest absolute Gasteiger partial charge is 0.284 e. The highest BCUT2D eigenvalue weighted by Crippen LogP contribution is 2.01. The van der Waals surface area contributed by atoms with Gasteiger partial charge in [-0.3, -0.25) is 14.8 Å². The van der Waals surface area contributed by atoms with Gasteiger partial charge in [0, 0.05) is 25.9 Å². The Balaban J connectivity index is 2.40. The van der Waals surface area contributed by atoms with Gasteiger partial charge in [0.1, 0.15) is 0 Å². The zero-order valence-electron chi connectivity index (χ0n) is 7.60. The molecule has 0 bridgehead atoms. The molecule has 1 amide bonds. The van der Waals surface area contributed by atoms with Crippen LogP contribution in [0.3, 0.4) is 0 Å². The van der Waals surface area contributed by atoms with Gasteiger partial charge in [0.2, 0.25) is 5.91 Å². The Kier molecular flexibility index (Phi) is 3.40. The van der Waals surface area contributed by atoms with Gasteiger partial charge < -0.3 is 0 Å². The fraction of sp³-hybridized carbons (Fsp3) is 0.333. The maximum atomic E-state index is 11.1. The van der Waals surface area contributed by atoms with E-state index in [1.165, 1.54) is 0 Å². The lowest BCUT2D eigenvalue weighted by Gasteiger charge is -2.08. The zero-order valence-corrected chi connectivity index (χ0v) is 7.60. The lowest BCUT2D eigenvalue weighted by Crippen LogP contribution is -2.33. The predicted molar refractivity (Wildman–Crippen MR) is 49.5 cm³/mol. The fourth-order valence-corrected chi connectivity index (χ4v) is 0.977. The summed E-state index contributed by atoms with van der Waals surface area (Å²) in [6.07, 6.45) is 4.58. The lowest BCUT2D eigenvalue weighted by atomic mass is 10.1. The van der Waals surface area contributed by atoms with Crippen molar-refractivity contribution < 1.29 is 4.79 Å². The number of amides is 1. The average Bonchev–Trinajstić information content (AvgIpc) is 2.15. The molecule has 13 heavy (non-hydrogen) atoms. The summed E-state index contributed by atoms with van der Waals surface area (Å²) in [5, 5.41) is 1.11. The van der Waals surface area contributed by atoms with Gasteiger partial charge in [-0.25, -0.2) is 5.84 Å². The Bertz CT molecular complexity index is 271. The van der Waals surface area contributed by atoms with Gasteiger partial charge in [-0.2, -0.15) is 0 Å². The summed E-state index contributed by atoms with van der Waals surface area (Å²) in [5.41, 5.74) is 1.10. The summed E-state index contributed by atoms with van der Waals surface area (Å²) in [4.78, 5) is 15.0. The smallest absolute Gasteiger partial charge is 0.236 e. The Labute approximate surface area is 77.3 Å². The summed E-state index contributed by atoms with van der Waals surface area (Å²) in [7, 11) is 1.55. The van der Waals surface area contributed by atoms with Gasteiger partial charge in [-0.1, -0.05) is 0 Å².